The van der Waals surface area contributed by atoms with Crippen molar-refractivity contribution in [2.45, 2.75) is 64.5 Å². The first-order valence-electron chi connectivity index (χ1n) is 15.7. The van der Waals surface area contributed by atoms with Crippen molar-refractivity contribution in [3.8, 4) is 11.3 Å². The summed E-state index contributed by atoms with van der Waals surface area (Å²) in [6, 6.07) is 22.3. The molecule has 0 spiro atoms. The van der Waals surface area contributed by atoms with E-state index in [0.717, 1.165) is 36.9 Å². The van der Waals surface area contributed by atoms with E-state index in [1.807, 2.05) is 12.3 Å². The molecule has 1 heterocycles. The van der Waals surface area contributed by atoms with Crippen LogP contribution < -0.4 is 0 Å². The van der Waals surface area contributed by atoms with Gasteiger partial charge in [0.25, 0.3) is 0 Å². The summed E-state index contributed by atoms with van der Waals surface area (Å²) in [4.78, 5) is 16.9. The second kappa shape index (κ2) is 14.0. The number of pyridine rings is 1. The second-order valence-corrected chi connectivity index (χ2v) is 12.6. The van der Waals surface area contributed by atoms with Gasteiger partial charge in [-0.05, 0) is 72.0 Å². The van der Waals surface area contributed by atoms with E-state index in [-0.39, 0.29) is 69.2 Å². The van der Waals surface area contributed by atoms with Gasteiger partial charge in [-0.1, -0.05) is 79.8 Å². The zero-order valence-electron chi connectivity index (χ0n) is 25.2. The summed E-state index contributed by atoms with van der Waals surface area (Å²) in [6.07, 6.45) is 7.88. The molecule has 7 heteroatoms. The van der Waals surface area contributed by atoms with Gasteiger partial charge in [0.05, 0.1) is 11.7 Å². The summed E-state index contributed by atoms with van der Waals surface area (Å²) in [5, 5.41) is 15.0. The van der Waals surface area contributed by atoms with Gasteiger partial charge in [-0.3, -0.25) is 4.79 Å². The van der Waals surface area contributed by atoms with E-state index in [9.17, 15) is 23.1 Å². The van der Waals surface area contributed by atoms with Crippen molar-refractivity contribution in [2.75, 3.05) is 0 Å². The van der Waals surface area contributed by atoms with E-state index in [0.29, 0.717) is 5.92 Å². The number of hydrogen-bond acceptors (Lipinski definition) is 3. The minimum absolute atomic E-state index is 0. The number of carbonyl (C=O) groups is 1. The largest absolute Gasteiger partial charge is 0.512 e. The summed E-state index contributed by atoms with van der Waals surface area (Å²) in [5.41, 5.74) is 4.57. The number of rotatable bonds is 4. The van der Waals surface area contributed by atoms with Crippen molar-refractivity contribution >= 4 is 39.5 Å². The number of halogens is 3. The van der Waals surface area contributed by atoms with E-state index in [1.54, 1.807) is 0 Å². The first-order valence-corrected chi connectivity index (χ1v) is 15.7. The molecule has 4 aromatic rings. The number of carbonyl (C=O) groups excluding carboxylic acids is 1. The number of alkyl halides is 3. The maximum atomic E-state index is 12.6. The van der Waals surface area contributed by atoms with Crippen molar-refractivity contribution in [1.29, 1.82) is 0 Å². The Morgan fingerprint density at radius 2 is 1.53 bits per heavy atom. The average molecular weight is 789 g/mol. The Bertz CT molecular complexity index is 1710. The number of fused-ring (bicyclic) bond motifs is 1. The number of benzene rings is 3. The first-order chi connectivity index (χ1) is 21.2. The van der Waals surface area contributed by atoms with Gasteiger partial charge in [0, 0.05) is 44.2 Å². The summed E-state index contributed by atoms with van der Waals surface area (Å²) in [5.74, 6) is -0.979. The molecule has 1 aromatic heterocycles. The van der Waals surface area contributed by atoms with Crippen molar-refractivity contribution < 1.29 is 43.2 Å². The fraction of sp³-hybridized carbons (Fsp3) is 0.368. The monoisotopic (exact) mass is 789 g/mol. The number of aromatic nitrogens is 1. The summed E-state index contributed by atoms with van der Waals surface area (Å²) in [7, 11) is 0. The summed E-state index contributed by atoms with van der Waals surface area (Å²) < 4.78 is 37.9. The van der Waals surface area contributed by atoms with Crippen LogP contribution in [0.3, 0.4) is 0 Å². The zero-order chi connectivity index (χ0) is 30.8. The average Bonchev–Trinajstić information content (AvgIpc) is 3.46. The van der Waals surface area contributed by atoms with Crippen LogP contribution in [-0.4, -0.2) is 22.1 Å². The molecule has 0 bridgehead atoms. The summed E-state index contributed by atoms with van der Waals surface area (Å²) >= 11 is 0. The van der Waals surface area contributed by atoms with E-state index in [1.165, 1.54) is 38.7 Å². The van der Waals surface area contributed by atoms with Gasteiger partial charge in [0.2, 0.25) is 0 Å². The molecule has 237 valence electrons. The minimum Gasteiger partial charge on any atom is -0.512 e. The molecular weight excluding hydrogens is 752 g/mol. The molecule has 3 aliphatic rings. The van der Waals surface area contributed by atoms with Crippen molar-refractivity contribution in [1.82, 2.24) is 4.98 Å². The van der Waals surface area contributed by atoms with Crippen LogP contribution in [0.2, 0.25) is 0 Å². The van der Waals surface area contributed by atoms with Gasteiger partial charge in [-0.15, -0.1) is 29.1 Å². The predicted molar refractivity (Wildman–Crippen MR) is 171 cm³/mol. The number of aliphatic hydroxyl groups excluding tert-OH is 1. The molecule has 7 rings (SSSR count). The Labute approximate surface area is 276 Å². The third-order valence-electron chi connectivity index (χ3n) is 9.69. The van der Waals surface area contributed by atoms with Crippen LogP contribution in [0.4, 0.5) is 13.2 Å². The van der Waals surface area contributed by atoms with Gasteiger partial charge >= 0.3 is 6.18 Å². The number of hydrogen-bond donors (Lipinski definition) is 1. The summed E-state index contributed by atoms with van der Waals surface area (Å²) in [6.45, 7) is 2.18. The number of allylic oxidation sites excluding steroid dienone is 2. The van der Waals surface area contributed by atoms with E-state index in [2.05, 4.69) is 73.7 Å². The van der Waals surface area contributed by atoms with Crippen LogP contribution in [0, 0.1) is 29.7 Å². The normalized spacial score (nSPS) is 22.9. The van der Waals surface area contributed by atoms with Crippen molar-refractivity contribution in [3.63, 3.8) is 0 Å². The van der Waals surface area contributed by atoms with E-state index < -0.39 is 12.1 Å². The van der Waals surface area contributed by atoms with Crippen LogP contribution >= 0.6 is 0 Å². The van der Waals surface area contributed by atoms with Crippen LogP contribution in [0.5, 0.6) is 0 Å². The maximum absolute atomic E-state index is 12.6. The van der Waals surface area contributed by atoms with E-state index in [4.69, 9.17) is 4.98 Å². The van der Waals surface area contributed by atoms with Gasteiger partial charge in [-0.2, -0.15) is 13.2 Å². The molecule has 0 unspecified atom stereocenters. The standard InChI is InChI=1S/C21H12N.C17H25F3O2.Ir/c1-2-8-17-14(5-1)6-3-9-18(17)21-19-10-4-7-15-11-12-16(13-22-21)20(15)19;1-11-2-4-12(5-3-11)15(21)10-16(22)13-6-8-14(9-7-13)17(18,19)20;/h1-8,10-13H;10-14,21H,2-9H2,1H3;/q-1;;. The van der Waals surface area contributed by atoms with Crippen molar-refractivity contribution in [2.24, 2.45) is 23.7 Å². The Balaban J connectivity index is 0.000000174. The Kier molecular flexibility index (Phi) is 10.3. The molecule has 45 heavy (non-hydrogen) atoms. The number of ketones is 1. The molecule has 3 nitrogen and oxygen atoms in total. The Hall–Kier alpha value is -3.28. The molecular formula is C38H37F3IrNO2-. The van der Waals surface area contributed by atoms with Gasteiger partial charge < -0.3 is 10.1 Å². The molecule has 0 aliphatic heterocycles. The zero-order valence-corrected chi connectivity index (χ0v) is 27.6. The molecule has 0 saturated heterocycles. The smallest absolute Gasteiger partial charge is 0.391 e. The Morgan fingerprint density at radius 3 is 2.27 bits per heavy atom. The third-order valence-corrected chi connectivity index (χ3v) is 9.69. The third kappa shape index (κ3) is 7.26. The van der Waals surface area contributed by atoms with Crippen LogP contribution in [0.15, 0.2) is 72.6 Å². The Morgan fingerprint density at radius 1 is 0.867 bits per heavy atom. The SMILES string of the molecule is CC1CCC(C(O)=CC(=O)C2CCC(C(F)(F)F)CC2)CC1.[Ir].[c-]1ccc2ccccc2c1-c1ncc2c3c(cccc13)C=C2. The van der Waals surface area contributed by atoms with Gasteiger partial charge in [0.15, 0.2) is 5.78 Å². The fourth-order valence-electron chi connectivity index (χ4n) is 7.00. The molecule has 2 fully saturated rings. The molecule has 0 atom stereocenters. The first kappa shape index (κ1) is 33.1. The fourth-order valence-corrected chi connectivity index (χ4v) is 7.00. The number of nitrogens with zero attached hydrogens (tertiary/aromatic N) is 1. The van der Waals surface area contributed by atoms with E-state index >= 15 is 0 Å². The molecule has 1 N–H and O–H groups in total. The predicted octanol–water partition coefficient (Wildman–Crippen LogP) is 10.5. The van der Waals surface area contributed by atoms with Gasteiger partial charge in [-0.25, -0.2) is 0 Å². The quantitative estimate of drug-likeness (QED) is 0.112. The topological polar surface area (TPSA) is 50.2 Å². The second-order valence-electron chi connectivity index (χ2n) is 12.6. The molecule has 2 saturated carbocycles. The molecule has 0 amide bonds. The van der Waals surface area contributed by atoms with Gasteiger partial charge in [0.1, 0.15) is 0 Å². The van der Waals surface area contributed by atoms with Crippen LogP contribution in [0.25, 0.3) is 45.0 Å². The minimum atomic E-state index is -4.15. The molecule has 3 aromatic carbocycles. The molecule has 3 aliphatic carbocycles. The van der Waals surface area contributed by atoms with Crippen molar-refractivity contribution in [3.05, 3.63) is 89.8 Å². The number of aliphatic hydroxyl groups is 1. The maximum Gasteiger partial charge on any atom is 0.391 e. The molecule has 1 radical (unpaired) electrons. The van der Waals surface area contributed by atoms with Crippen LogP contribution in [0.1, 0.15) is 69.4 Å². The van der Waals surface area contributed by atoms with Crippen LogP contribution in [-0.2, 0) is 24.9 Å².